The van der Waals surface area contributed by atoms with E-state index >= 15 is 0 Å². The highest BCUT2D eigenvalue weighted by atomic mass is 35.5. The fourth-order valence-corrected chi connectivity index (χ4v) is 3.11. The molecule has 0 unspecified atom stereocenters. The smallest absolute Gasteiger partial charge is 0.268 e. The molecule has 0 spiro atoms. The third-order valence-electron chi connectivity index (χ3n) is 4.05. The van der Waals surface area contributed by atoms with Crippen molar-refractivity contribution in [3.63, 3.8) is 0 Å². The summed E-state index contributed by atoms with van der Waals surface area (Å²) in [7, 11) is 0. The number of nitrogens with zero attached hydrogens (tertiary/aromatic N) is 2. The van der Waals surface area contributed by atoms with E-state index < -0.39 is 17.6 Å². The number of halogens is 2. The van der Waals surface area contributed by atoms with Crippen LogP contribution in [0.25, 0.3) is 10.9 Å². The number of aryl methyl sites for hydroxylation is 1. The Bertz CT molecular complexity index is 1030. The van der Waals surface area contributed by atoms with Crippen LogP contribution in [0.4, 0.5) is 10.1 Å². The molecule has 0 saturated carbocycles. The van der Waals surface area contributed by atoms with Crippen LogP contribution in [0.1, 0.15) is 26.4 Å². The highest BCUT2D eigenvalue weighted by Gasteiger charge is 2.40. The van der Waals surface area contributed by atoms with Crippen molar-refractivity contribution in [2.45, 2.75) is 6.92 Å². The monoisotopic (exact) mass is 340 g/mol. The second-order valence-electron chi connectivity index (χ2n) is 5.53. The predicted molar refractivity (Wildman–Crippen MR) is 89.0 cm³/mol. The van der Waals surface area contributed by atoms with E-state index in [2.05, 4.69) is 4.98 Å². The number of carbonyl (C=O) groups is 2. The van der Waals surface area contributed by atoms with Crippen LogP contribution < -0.4 is 4.90 Å². The minimum atomic E-state index is -0.488. The largest absolute Gasteiger partial charge is 0.268 e. The maximum Gasteiger partial charge on any atom is 0.268 e. The second kappa shape index (κ2) is 5.11. The van der Waals surface area contributed by atoms with Gasteiger partial charge in [-0.2, -0.15) is 0 Å². The van der Waals surface area contributed by atoms with Gasteiger partial charge in [-0.1, -0.05) is 11.6 Å². The number of fused-ring (bicyclic) bond motifs is 3. The van der Waals surface area contributed by atoms with Crippen LogP contribution in [0, 0.1) is 12.7 Å². The Labute approximate surface area is 141 Å². The lowest BCUT2D eigenvalue weighted by atomic mass is 10.0. The molecule has 118 valence electrons. The van der Waals surface area contributed by atoms with Crippen molar-refractivity contribution in [2.75, 3.05) is 4.90 Å². The van der Waals surface area contributed by atoms with E-state index in [1.165, 1.54) is 18.2 Å². The van der Waals surface area contributed by atoms with Crippen LogP contribution in [0.3, 0.4) is 0 Å². The molecule has 1 aliphatic rings. The Morgan fingerprint density at radius 3 is 2.38 bits per heavy atom. The summed E-state index contributed by atoms with van der Waals surface area (Å²) >= 11 is 5.86. The normalized spacial score (nSPS) is 13.7. The molecule has 4 nitrogen and oxygen atoms in total. The van der Waals surface area contributed by atoms with Gasteiger partial charge in [-0.3, -0.25) is 14.6 Å². The Hall–Kier alpha value is -2.79. The number of carbonyl (C=O) groups excluding carboxylic acids is 2. The molecule has 3 aromatic rings. The van der Waals surface area contributed by atoms with E-state index in [9.17, 15) is 14.0 Å². The Morgan fingerprint density at radius 2 is 1.67 bits per heavy atom. The van der Waals surface area contributed by atoms with Gasteiger partial charge in [0.05, 0.1) is 28.0 Å². The maximum absolute atomic E-state index is 13.6. The first kappa shape index (κ1) is 14.8. The molecule has 1 aliphatic heterocycles. The zero-order chi connectivity index (χ0) is 17.0. The van der Waals surface area contributed by atoms with Gasteiger partial charge in [0.1, 0.15) is 5.82 Å². The van der Waals surface area contributed by atoms with Gasteiger partial charge in [0.25, 0.3) is 11.8 Å². The van der Waals surface area contributed by atoms with Crippen molar-refractivity contribution in [1.29, 1.82) is 0 Å². The minimum absolute atomic E-state index is 0.192. The molecule has 0 fully saturated rings. The summed E-state index contributed by atoms with van der Waals surface area (Å²) in [5, 5.41) is 0.839. The van der Waals surface area contributed by atoms with Crippen LogP contribution >= 0.6 is 11.6 Å². The maximum atomic E-state index is 13.6. The zero-order valence-electron chi connectivity index (χ0n) is 12.5. The minimum Gasteiger partial charge on any atom is -0.268 e. The first-order valence-electron chi connectivity index (χ1n) is 7.21. The lowest BCUT2D eigenvalue weighted by Crippen LogP contribution is -2.29. The molecule has 0 atom stereocenters. The van der Waals surface area contributed by atoms with Gasteiger partial charge in [0, 0.05) is 10.4 Å². The summed E-state index contributed by atoms with van der Waals surface area (Å²) in [5.74, 6) is -1.44. The van der Waals surface area contributed by atoms with E-state index in [1.54, 1.807) is 31.2 Å². The van der Waals surface area contributed by atoms with Gasteiger partial charge in [-0.15, -0.1) is 0 Å². The van der Waals surface area contributed by atoms with Gasteiger partial charge in [0.2, 0.25) is 0 Å². The summed E-state index contributed by atoms with van der Waals surface area (Å²) < 4.78 is 13.6. The third-order valence-corrected chi connectivity index (χ3v) is 4.30. The van der Waals surface area contributed by atoms with E-state index in [-0.39, 0.29) is 11.1 Å². The first-order valence-corrected chi connectivity index (χ1v) is 7.59. The average molecular weight is 341 g/mol. The van der Waals surface area contributed by atoms with Crippen molar-refractivity contribution in [3.05, 3.63) is 70.1 Å². The van der Waals surface area contributed by atoms with Gasteiger partial charge < -0.3 is 0 Å². The number of hydrogen-bond acceptors (Lipinski definition) is 3. The van der Waals surface area contributed by atoms with Crippen LogP contribution in [0.5, 0.6) is 0 Å². The summed E-state index contributed by atoms with van der Waals surface area (Å²) in [6, 6.07) is 10.4. The molecule has 0 saturated heterocycles. The van der Waals surface area contributed by atoms with Crippen molar-refractivity contribution in [2.24, 2.45) is 0 Å². The quantitative estimate of drug-likeness (QED) is 0.626. The standard InChI is InChI=1S/C18H10ClFN2O2/c1-9-15-16(13-8-11(20)4-7-14(13)21-9)18(24)22(17(15)23)12-5-2-10(19)3-6-12/h2-8H,1H3. The van der Waals surface area contributed by atoms with Crippen LogP contribution in [0.15, 0.2) is 42.5 Å². The fourth-order valence-electron chi connectivity index (χ4n) is 2.98. The van der Waals surface area contributed by atoms with E-state index in [0.717, 1.165) is 4.90 Å². The number of hydrogen-bond donors (Lipinski definition) is 0. The number of pyridine rings is 1. The number of rotatable bonds is 1. The molecule has 1 aromatic heterocycles. The molecule has 0 N–H and O–H groups in total. The molecule has 2 amide bonds. The predicted octanol–water partition coefficient (Wildman–Crippen LogP) is 4.14. The fraction of sp³-hybridized carbons (Fsp3) is 0.0556. The Morgan fingerprint density at radius 1 is 1.00 bits per heavy atom. The zero-order valence-corrected chi connectivity index (χ0v) is 13.3. The molecule has 6 heteroatoms. The first-order chi connectivity index (χ1) is 11.5. The van der Waals surface area contributed by atoms with Crippen LogP contribution in [-0.2, 0) is 0 Å². The number of imide groups is 1. The van der Waals surface area contributed by atoms with Crippen LogP contribution in [0.2, 0.25) is 5.02 Å². The van der Waals surface area contributed by atoms with Gasteiger partial charge in [0.15, 0.2) is 0 Å². The van der Waals surface area contributed by atoms with Crippen molar-refractivity contribution >= 4 is 40.0 Å². The third kappa shape index (κ3) is 2.02. The average Bonchev–Trinajstić information content (AvgIpc) is 2.81. The lowest BCUT2D eigenvalue weighted by Gasteiger charge is -2.13. The van der Waals surface area contributed by atoms with E-state index in [0.29, 0.717) is 27.3 Å². The molecular formula is C18H10ClFN2O2. The highest BCUT2D eigenvalue weighted by molar-refractivity contribution is 6.38. The van der Waals surface area contributed by atoms with Crippen molar-refractivity contribution < 1.29 is 14.0 Å². The number of aromatic nitrogens is 1. The van der Waals surface area contributed by atoms with Crippen molar-refractivity contribution in [1.82, 2.24) is 4.98 Å². The van der Waals surface area contributed by atoms with Crippen LogP contribution in [-0.4, -0.2) is 16.8 Å². The summed E-state index contributed by atoms with van der Waals surface area (Å²) in [6.07, 6.45) is 0. The number of anilines is 1. The number of benzene rings is 2. The highest BCUT2D eigenvalue weighted by Crippen LogP contribution is 2.34. The molecule has 0 bridgehead atoms. The molecular weight excluding hydrogens is 331 g/mol. The molecule has 0 aliphatic carbocycles. The second-order valence-corrected chi connectivity index (χ2v) is 5.97. The molecule has 0 radical (unpaired) electrons. The molecule has 4 rings (SSSR count). The van der Waals surface area contributed by atoms with Crippen molar-refractivity contribution in [3.8, 4) is 0 Å². The number of amides is 2. The summed E-state index contributed by atoms with van der Waals surface area (Å²) in [4.78, 5) is 31.1. The van der Waals surface area contributed by atoms with Gasteiger partial charge in [-0.05, 0) is 49.4 Å². The Balaban J connectivity index is 1.98. The topological polar surface area (TPSA) is 50.3 Å². The van der Waals surface area contributed by atoms with Gasteiger partial charge in [-0.25, -0.2) is 9.29 Å². The van der Waals surface area contributed by atoms with Gasteiger partial charge >= 0.3 is 0 Å². The summed E-state index contributed by atoms with van der Waals surface area (Å²) in [5.41, 5.74) is 1.74. The SMILES string of the molecule is Cc1nc2ccc(F)cc2c2c1C(=O)N(c1ccc(Cl)cc1)C2=O. The summed E-state index contributed by atoms with van der Waals surface area (Å²) in [6.45, 7) is 1.66. The molecule has 24 heavy (non-hydrogen) atoms. The van der Waals surface area contributed by atoms with E-state index in [1.807, 2.05) is 0 Å². The lowest BCUT2D eigenvalue weighted by molar-refractivity contribution is 0.0926. The molecule has 2 heterocycles. The molecule has 2 aromatic carbocycles. The van der Waals surface area contributed by atoms with E-state index in [4.69, 9.17) is 11.6 Å². The Kier molecular flexibility index (Phi) is 3.15.